The van der Waals surface area contributed by atoms with Gasteiger partial charge in [0.1, 0.15) is 0 Å². The number of unbranched alkanes of at least 4 members (excludes halogenated alkanes) is 2. The summed E-state index contributed by atoms with van der Waals surface area (Å²) in [7, 11) is 0. The van der Waals surface area contributed by atoms with Gasteiger partial charge in [-0.3, -0.25) is 9.69 Å². The summed E-state index contributed by atoms with van der Waals surface area (Å²) in [6, 6.07) is 0. The number of nitrogens with zero attached hydrogens (tertiary/aromatic N) is 1. The summed E-state index contributed by atoms with van der Waals surface area (Å²) >= 11 is 0. The summed E-state index contributed by atoms with van der Waals surface area (Å²) < 4.78 is 0. The molecular weight excluding hydrogens is 206 g/mol. The SMILES string of the molecule is CCCCN(CCCC)CC(=O)O.[Ca+2].[H-].[H-]. The average molecular weight is 229 g/mol. The van der Waals surface area contributed by atoms with Crippen molar-refractivity contribution in [3.63, 3.8) is 0 Å². The number of carboxylic acids is 1. The molecule has 0 aliphatic carbocycles. The Hall–Kier alpha value is 0.690. The molecule has 0 heterocycles. The molecule has 0 bridgehead atoms. The van der Waals surface area contributed by atoms with Crippen molar-refractivity contribution in [2.45, 2.75) is 39.5 Å². The van der Waals surface area contributed by atoms with Gasteiger partial charge in [-0.05, 0) is 25.9 Å². The predicted molar refractivity (Wildman–Crippen MR) is 61.9 cm³/mol. The molecule has 0 rings (SSSR count). The maximum absolute atomic E-state index is 10.5. The van der Waals surface area contributed by atoms with Gasteiger partial charge in [0.15, 0.2) is 0 Å². The van der Waals surface area contributed by atoms with Crippen molar-refractivity contribution < 1.29 is 12.8 Å². The van der Waals surface area contributed by atoms with Crippen molar-refractivity contribution in [1.82, 2.24) is 4.90 Å². The van der Waals surface area contributed by atoms with E-state index < -0.39 is 5.97 Å². The van der Waals surface area contributed by atoms with Crippen molar-refractivity contribution in [2.75, 3.05) is 19.6 Å². The monoisotopic (exact) mass is 229 g/mol. The molecule has 0 saturated heterocycles. The van der Waals surface area contributed by atoms with Gasteiger partial charge in [0.25, 0.3) is 0 Å². The van der Waals surface area contributed by atoms with E-state index in [1.807, 2.05) is 4.90 Å². The minimum Gasteiger partial charge on any atom is -1.00 e. The van der Waals surface area contributed by atoms with Crippen LogP contribution in [0, 0.1) is 0 Å². The van der Waals surface area contributed by atoms with Gasteiger partial charge in [0.05, 0.1) is 6.54 Å². The number of hydrogen-bond donors (Lipinski definition) is 1. The molecule has 0 saturated carbocycles. The van der Waals surface area contributed by atoms with Gasteiger partial charge in [-0.25, -0.2) is 0 Å². The third kappa shape index (κ3) is 10.8. The Balaban J connectivity index is -0.000000240. The first kappa shape index (κ1) is 17.1. The van der Waals surface area contributed by atoms with Crippen LogP contribution in [0.2, 0.25) is 0 Å². The largest absolute Gasteiger partial charge is 2.00 e. The molecule has 4 heteroatoms. The minimum absolute atomic E-state index is 0. The van der Waals surface area contributed by atoms with E-state index in [1.165, 1.54) is 0 Å². The minimum atomic E-state index is -0.716. The van der Waals surface area contributed by atoms with Crippen molar-refractivity contribution in [1.29, 1.82) is 0 Å². The number of carboxylic acid groups (broad SMARTS) is 1. The Labute approximate surface area is 120 Å². The molecule has 0 aromatic heterocycles. The summed E-state index contributed by atoms with van der Waals surface area (Å²) in [6.07, 6.45) is 4.44. The molecule has 14 heavy (non-hydrogen) atoms. The fraction of sp³-hybridized carbons (Fsp3) is 0.900. The first-order valence-corrected chi connectivity index (χ1v) is 5.14. The van der Waals surface area contributed by atoms with Gasteiger partial charge in [0.2, 0.25) is 0 Å². The third-order valence-corrected chi connectivity index (χ3v) is 2.01. The van der Waals surface area contributed by atoms with Crippen LogP contribution in [-0.2, 0) is 4.79 Å². The van der Waals surface area contributed by atoms with Crippen LogP contribution in [0.15, 0.2) is 0 Å². The molecule has 0 amide bonds. The first-order chi connectivity index (χ1) is 6.20. The Morgan fingerprint density at radius 2 is 1.64 bits per heavy atom. The van der Waals surface area contributed by atoms with Crippen LogP contribution in [0.25, 0.3) is 0 Å². The standard InChI is InChI=1S/C10H21NO2.Ca.2H/c1-3-5-7-11(8-6-4-2)9-10(12)13;;;/h3-9H2,1-2H3,(H,12,13);;;/q;+2;2*-1. The smallest absolute Gasteiger partial charge is 1.00 e. The van der Waals surface area contributed by atoms with E-state index in [4.69, 9.17) is 5.11 Å². The fourth-order valence-corrected chi connectivity index (χ4v) is 1.22. The molecule has 82 valence electrons. The second kappa shape index (κ2) is 11.8. The topological polar surface area (TPSA) is 40.5 Å². The van der Waals surface area contributed by atoms with Gasteiger partial charge in [-0.15, -0.1) is 0 Å². The van der Waals surface area contributed by atoms with E-state index in [9.17, 15) is 4.79 Å². The summed E-state index contributed by atoms with van der Waals surface area (Å²) in [5.74, 6) is -0.716. The molecule has 1 N–H and O–H groups in total. The van der Waals surface area contributed by atoms with Crippen LogP contribution >= 0.6 is 0 Å². The van der Waals surface area contributed by atoms with Crippen molar-refractivity contribution in [3.8, 4) is 0 Å². The van der Waals surface area contributed by atoms with Crippen molar-refractivity contribution in [2.24, 2.45) is 0 Å². The second-order valence-corrected chi connectivity index (χ2v) is 3.38. The zero-order valence-electron chi connectivity index (χ0n) is 11.5. The zero-order chi connectivity index (χ0) is 10.1. The van der Waals surface area contributed by atoms with Crippen LogP contribution in [0.1, 0.15) is 42.4 Å². The zero-order valence-corrected chi connectivity index (χ0v) is 11.7. The van der Waals surface area contributed by atoms with Crippen LogP contribution in [-0.4, -0.2) is 73.3 Å². The van der Waals surface area contributed by atoms with Crippen LogP contribution in [0.5, 0.6) is 0 Å². The van der Waals surface area contributed by atoms with E-state index in [1.54, 1.807) is 0 Å². The first-order valence-electron chi connectivity index (χ1n) is 5.14. The fourth-order valence-electron chi connectivity index (χ4n) is 1.22. The normalized spacial score (nSPS) is 9.93. The van der Waals surface area contributed by atoms with E-state index in [0.29, 0.717) is 0 Å². The van der Waals surface area contributed by atoms with E-state index in [-0.39, 0.29) is 47.1 Å². The molecule has 0 radical (unpaired) electrons. The van der Waals surface area contributed by atoms with Crippen LogP contribution in [0.4, 0.5) is 0 Å². The van der Waals surface area contributed by atoms with E-state index >= 15 is 0 Å². The molecule has 0 aliphatic rings. The number of carbonyl (C=O) groups is 1. The maximum Gasteiger partial charge on any atom is 2.00 e. The van der Waals surface area contributed by atoms with E-state index in [2.05, 4.69) is 13.8 Å². The predicted octanol–water partition coefficient (Wildman–Crippen LogP) is 1.82. The molecule has 0 aromatic carbocycles. The number of rotatable bonds is 8. The third-order valence-electron chi connectivity index (χ3n) is 2.01. The Kier molecular flexibility index (Phi) is 14.4. The molecule has 0 aromatic rings. The van der Waals surface area contributed by atoms with Crippen LogP contribution < -0.4 is 0 Å². The van der Waals surface area contributed by atoms with Crippen LogP contribution in [0.3, 0.4) is 0 Å². The molecule has 0 aliphatic heterocycles. The van der Waals surface area contributed by atoms with Gasteiger partial charge >= 0.3 is 43.7 Å². The van der Waals surface area contributed by atoms with Gasteiger partial charge in [-0.1, -0.05) is 26.7 Å². The maximum atomic E-state index is 10.5. The Morgan fingerprint density at radius 1 is 1.21 bits per heavy atom. The average Bonchev–Trinajstić information content (AvgIpc) is 2.09. The number of hydrogen-bond acceptors (Lipinski definition) is 2. The second-order valence-electron chi connectivity index (χ2n) is 3.38. The van der Waals surface area contributed by atoms with Crippen molar-refractivity contribution >= 4 is 43.7 Å². The summed E-state index contributed by atoms with van der Waals surface area (Å²) in [5.41, 5.74) is 0. The number of aliphatic carboxylic acids is 1. The quantitative estimate of drug-likeness (QED) is 0.645. The Bertz CT molecular complexity index is 143. The van der Waals surface area contributed by atoms with Gasteiger partial charge in [0, 0.05) is 0 Å². The molecule has 0 unspecified atom stereocenters. The summed E-state index contributed by atoms with van der Waals surface area (Å²) in [5, 5.41) is 8.64. The van der Waals surface area contributed by atoms with E-state index in [0.717, 1.165) is 38.8 Å². The summed E-state index contributed by atoms with van der Waals surface area (Å²) in [4.78, 5) is 12.5. The Morgan fingerprint density at radius 3 is 1.93 bits per heavy atom. The van der Waals surface area contributed by atoms with Crippen molar-refractivity contribution in [3.05, 3.63) is 0 Å². The molecular formula is C10H23CaNO2. The van der Waals surface area contributed by atoms with Gasteiger partial charge in [-0.2, -0.15) is 0 Å². The summed E-state index contributed by atoms with van der Waals surface area (Å²) in [6.45, 7) is 6.28. The molecule has 3 nitrogen and oxygen atoms in total. The molecule has 0 atom stereocenters. The van der Waals surface area contributed by atoms with Gasteiger partial charge < -0.3 is 7.96 Å². The molecule has 0 fully saturated rings. The molecule has 0 spiro atoms.